The fourth-order valence-electron chi connectivity index (χ4n) is 1.95. The third-order valence-corrected chi connectivity index (χ3v) is 3.06. The summed E-state index contributed by atoms with van der Waals surface area (Å²) in [5.74, 6) is 2.44. The van der Waals surface area contributed by atoms with Crippen LogP contribution in [0.2, 0.25) is 0 Å². The number of oxazole rings is 1. The third kappa shape index (κ3) is 3.35. The van der Waals surface area contributed by atoms with Gasteiger partial charge in [0.1, 0.15) is 5.75 Å². The van der Waals surface area contributed by atoms with E-state index >= 15 is 0 Å². The lowest BCUT2D eigenvalue weighted by molar-refractivity contribution is 0.411. The molecule has 2 rings (SSSR count). The molecule has 1 heterocycles. The number of ether oxygens (including phenoxy) is 1. The van der Waals surface area contributed by atoms with Crippen LogP contribution in [-0.4, -0.2) is 25.7 Å². The van der Waals surface area contributed by atoms with Gasteiger partial charge in [-0.1, -0.05) is 12.1 Å². The van der Waals surface area contributed by atoms with Crippen molar-refractivity contribution in [2.45, 2.75) is 19.8 Å². The van der Waals surface area contributed by atoms with Crippen LogP contribution in [0.15, 0.2) is 28.8 Å². The maximum Gasteiger partial charge on any atom is 0.194 e. The van der Waals surface area contributed by atoms with Crippen molar-refractivity contribution in [3.05, 3.63) is 35.9 Å². The van der Waals surface area contributed by atoms with Gasteiger partial charge in [0, 0.05) is 12.0 Å². The molecule has 4 heteroatoms. The minimum absolute atomic E-state index is 0.782. The highest BCUT2D eigenvalue weighted by molar-refractivity contribution is 5.60. The average molecular weight is 260 g/mol. The Morgan fingerprint density at radius 2 is 2.21 bits per heavy atom. The van der Waals surface area contributed by atoms with Gasteiger partial charge in [-0.05, 0) is 38.6 Å². The van der Waals surface area contributed by atoms with E-state index in [9.17, 15) is 0 Å². The highest BCUT2D eigenvalue weighted by atomic mass is 16.5. The zero-order valence-corrected chi connectivity index (χ0v) is 11.7. The van der Waals surface area contributed by atoms with Crippen LogP contribution in [0.1, 0.15) is 17.9 Å². The van der Waals surface area contributed by atoms with Gasteiger partial charge in [-0.25, -0.2) is 4.98 Å². The second-order valence-electron chi connectivity index (χ2n) is 4.51. The monoisotopic (exact) mass is 260 g/mol. The van der Waals surface area contributed by atoms with Crippen molar-refractivity contribution in [1.29, 1.82) is 0 Å². The van der Waals surface area contributed by atoms with Crippen molar-refractivity contribution in [3.8, 4) is 17.1 Å². The van der Waals surface area contributed by atoms with E-state index in [4.69, 9.17) is 9.15 Å². The molecule has 102 valence electrons. The Morgan fingerprint density at radius 1 is 1.37 bits per heavy atom. The molecular formula is C15H20N2O2. The van der Waals surface area contributed by atoms with Crippen LogP contribution in [0.25, 0.3) is 11.3 Å². The highest BCUT2D eigenvalue weighted by Crippen LogP contribution is 2.27. The van der Waals surface area contributed by atoms with Crippen LogP contribution in [-0.2, 0) is 6.42 Å². The predicted octanol–water partition coefficient (Wildman–Crippen LogP) is 2.81. The largest absolute Gasteiger partial charge is 0.496 e. The molecule has 19 heavy (non-hydrogen) atoms. The molecule has 0 bridgehead atoms. The number of hydrogen-bond acceptors (Lipinski definition) is 4. The summed E-state index contributed by atoms with van der Waals surface area (Å²) in [4.78, 5) is 4.31. The minimum Gasteiger partial charge on any atom is -0.496 e. The average Bonchev–Trinajstić information content (AvgIpc) is 2.88. The zero-order chi connectivity index (χ0) is 13.7. The summed E-state index contributed by atoms with van der Waals surface area (Å²) in [5, 5.41) is 3.11. The summed E-state index contributed by atoms with van der Waals surface area (Å²) in [5.41, 5.74) is 2.11. The zero-order valence-electron chi connectivity index (χ0n) is 11.7. The van der Waals surface area contributed by atoms with Gasteiger partial charge in [-0.3, -0.25) is 0 Å². The molecule has 2 aromatic rings. The Morgan fingerprint density at radius 3 is 2.95 bits per heavy atom. The topological polar surface area (TPSA) is 47.3 Å². The maximum absolute atomic E-state index is 5.76. The molecule has 0 aliphatic carbocycles. The van der Waals surface area contributed by atoms with E-state index in [0.717, 1.165) is 47.9 Å². The SMILES string of the molecule is CNCCCc1ncc(-c2ccc(C)c(OC)c2)o1. The first-order chi connectivity index (χ1) is 9.24. The first kappa shape index (κ1) is 13.6. The maximum atomic E-state index is 5.76. The van der Waals surface area contributed by atoms with Crippen LogP contribution >= 0.6 is 0 Å². The summed E-state index contributed by atoms with van der Waals surface area (Å²) in [6, 6.07) is 6.03. The minimum atomic E-state index is 0.782. The molecule has 1 aromatic heterocycles. The van der Waals surface area contributed by atoms with Crippen LogP contribution in [0.3, 0.4) is 0 Å². The van der Waals surface area contributed by atoms with Crippen molar-refractivity contribution >= 4 is 0 Å². The summed E-state index contributed by atoms with van der Waals surface area (Å²) >= 11 is 0. The number of benzene rings is 1. The molecule has 1 N–H and O–H groups in total. The first-order valence-corrected chi connectivity index (χ1v) is 6.49. The summed E-state index contributed by atoms with van der Waals surface area (Å²) in [7, 11) is 3.62. The van der Waals surface area contributed by atoms with Gasteiger partial charge in [-0.2, -0.15) is 0 Å². The van der Waals surface area contributed by atoms with E-state index in [1.165, 1.54) is 0 Å². The number of methoxy groups -OCH3 is 1. The normalized spacial score (nSPS) is 10.7. The molecule has 0 saturated heterocycles. The molecule has 0 aliphatic rings. The molecule has 0 fully saturated rings. The van der Waals surface area contributed by atoms with E-state index in [0.29, 0.717) is 0 Å². The first-order valence-electron chi connectivity index (χ1n) is 6.49. The third-order valence-electron chi connectivity index (χ3n) is 3.06. The Kier molecular flexibility index (Phi) is 4.58. The van der Waals surface area contributed by atoms with Gasteiger partial charge in [0.2, 0.25) is 0 Å². The fraction of sp³-hybridized carbons (Fsp3) is 0.400. The molecule has 1 aromatic carbocycles. The Bertz CT molecular complexity index is 535. The summed E-state index contributed by atoms with van der Waals surface area (Å²) in [6.07, 6.45) is 3.65. The van der Waals surface area contributed by atoms with Crippen LogP contribution in [0.4, 0.5) is 0 Å². The second-order valence-corrected chi connectivity index (χ2v) is 4.51. The van der Waals surface area contributed by atoms with E-state index in [-0.39, 0.29) is 0 Å². The van der Waals surface area contributed by atoms with Gasteiger partial charge in [0.15, 0.2) is 11.7 Å². The van der Waals surface area contributed by atoms with Crippen molar-refractivity contribution in [2.24, 2.45) is 0 Å². The van der Waals surface area contributed by atoms with Crippen molar-refractivity contribution in [3.63, 3.8) is 0 Å². The lowest BCUT2D eigenvalue weighted by Gasteiger charge is -2.05. The standard InChI is InChI=1S/C15H20N2O2/c1-11-6-7-12(9-13(11)18-3)14-10-17-15(19-14)5-4-8-16-2/h6-7,9-10,16H,4-5,8H2,1-3H3. The molecule has 0 aliphatic heterocycles. The van der Waals surface area contributed by atoms with Gasteiger partial charge in [-0.15, -0.1) is 0 Å². The lowest BCUT2D eigenvalue weighted by atomic mass is 10.1. The van der Waals surface area contributed by atoms with Crippen LogP contribution < -0.4 is 10.1 Å². The van der Waals surface area contributed by atoms with Crippen molar-refractivity contribution in [1.82, 2.24) is 10.3 Å². The van der Waals surface area contributed by atoms with E-state index in [2.05, 4.69) is 10.3 Å². The molecule has 0 spiro atoms. The molecule has 0 unspecified atom stereocenters. The number of aromatic nitrogens is 1. The smallest absolute Gasteiger partial charge is 0.194 e. The van der Waals surface area contributed by atoms with E-state index in [1.54, 1.807) is 13.3 Å². The Labute approximate surface area is 113 Å². The van der Waals surface area contributed by atoms with Gasteiger partial charge < -0.3 is 14.5 Å². The van der Waals surface area contributed by atoms with Crippen LogP contribution in [0, 0.1) is 6.92 Å². The van der Waals surface area contributed by atoms with Gasteiger partial charge >= 0.3 is 0 Å². The molecule has 4 nitrogen and oxygen atoms in total. The molecular weight excluding hydrogens is 240 g/mol. The summed E-state index contributed by atoms with van der Waals surface area (Å²) < 4.78 is 11.1. The highest BCUT2D eigenvalue weighted by Gasteiger charge is 2.08. The second kappa shape index (κ2) is 6.38. The predicted molar refractivity (Wildman–Crippen MR) is 75.5 cm³/mol. The molecule has 0 radical (unpaired) electrons. The number of hydrogen-bond donors (Lipinski definition) is 1. The summed E-state index contributed by atoms with van der Waals surface area (Å²) in [6.45, 7) is 2.99. The van der Waals surface area contributed by atoms with Gasteiger partial charge in [0.25, 0.3) is 0 Å². The molecule has 0 atom stereocenters. The Balaban J connectivity index is 2.13. The number of nitrogens with zero attached hydrogens (tertiary/aromatic N) is 1. The Hall–Kier alpha value is -1.81. The lowest BCUT2D eigenvalue weighted by Crippen LogP contribution is -2.08. The number of rotatable bonds is 6. The van der Waals surface area contributed by atoms with E-state index < -0.39 is 0 Å². The van der Waals surface area contributed by atoms with Crippen LogP contribution in [0.5, 0.6) is 5.75 Å². The number of aryl methyl sites for hydroxylation is 2. The van der Waals surface area contributed by atoms with Crippen molar-refractivity contribution in [2.75, 3.05) is 20.7 Å². The van der Waals surface area contributed by atoms with Crippen molar-refractivity contribution < 1.29 is 9.15 Å². The molecule has 0 saturated carbocycles. The van der Waals surface area contributed by atoms with E-state index in [1.807, 2.05) is 32.2 Å². The molecule has 0 amide bonds. The quantitative estimate of drug-likeness (QED) is 0.811. The number of nitrogens with one attached hydrogen (secondary N) is 1. The van der Waals surface area contributed by atoms with Gasteiger partial charge in [0.05, 0.1) is 13.3 Å². The fourth-order valence-corrected chi connectivity index (χ4v) is 1.95.